The third-order valence-corrected chi connectivity index (χ3v) is 11.8. The fourth-order valence-electron chi connectivity index (χ4n) is 8.90. The molecule has 0 unspecified atom stereocenters. The van der Waals surface area contributed by atoms with Crippen LogP contribution in [-0.4, -0.2) is 29.1 Å². The molecule has 0 saturated heterocycles. The minimum Gasteiger partial charge on any atom is -0.307 e. The van der Waals surface area contributed by atoms with E-state index in [1.54, 1.807) is 0 Å². The van der Waals surface area contributed by atoms with Gasteiger partial charge in [-0.25, -0.2) is 9.97 Å². The fourth-order valence-corrected chi connectivity index (χ4v) is 8.90. The number of aromatic nitrogens is 6. The normalized spacial score (nSPS) is 11.5. The maximum Gasteiger partial charge on any atom is 0.238 e. The molecule has 4 aromatic heterocycles. The molecule has 0 bridgehead atoms. The molecule has 0 fully saturated rings. The van der Waals surface area contributed by atoms with Crippen molar-refractivity contribution in [3.05, 3.63) is 218 Å². The summed E-state index contributed by atoms with van der Waals surface area (Å²) in [6.07, 6.45) is 0. The van der Waals surface area contributed by atoms with Gasteiger partial charge in [-0.15, -0.1) is 0 Å². The van der Waals surface area contributed by atoms with Crippen LogP contribution < -0.4 is 0 Å². The van der Waals surface area contributed by atoms with Crippen LogP contribution in [0.4, 0.5) is 0 Å². The van der Waals surface area contributed by atoms with Crippen molar-refractivity contribution >= 4 is 43.6 Å². The molecule has 0 aliphatic heterocycles. The molecule has 12 rings (SSSR count). The third kappa shape index (κ3) is 5.96. The minimum absolute atomic E-state index is 0.555. The summed E-state index contributed by atoms with van der Waals surface area (Å²) < 4.78 is 4.64. The maximum absolute atomic E-state index is 5.27. The van der Waals surface area contributed by atoms with Crippen LogP contribution in [0.15, 0.2) is 218 Å². The molecular weight excluding hydrogens is 757 g/mol. The number of hydrogen-bond acceptors (Lipinski definition) is 4. The number of fused-ring (bicyclic) bond motifs is 7. The van der Waals surface area contributed by atoms with Crippen molar-refractivity contribution in [2.45, 2.75) is 0 Å². The first-order chi connectivity index (χ1) is 30.7. The van der Waals surface area contributed by atoms with Gasteiger partial charge in [-0.05, 0) is 47.5 Å². The molecule has 0 aliphatic carbocycles. The Labute approximate surface area is 357 Å². The predicted molar refractivity (Wildman–Crippen MR) is 253 cm³/mol. The Hall–Kier alpha value is -8.48. The molecule has 4 heterocycles. The third-order valence-electron chi connectivity index (χ3n) is 11.8. The van der Waals surface area contributed by atoms with E-state index in [-0.39, 0.29) is 0 Å². The predicted octanol–water partition coefficient (Wildman–Crippen LogP) is 13.8. The van der Waals surface area contributed by atoms with Crippen LogP contribution in [0.3, 0.4) is 0 Å². The average Bonchev–Trinajstić information content (AvgIpc) is 3.88. The topological polar surface area (TPSA) is 61.4 Å². The second kappa shape index (κ2) is 14.7. The van der Waals surface area contributed by atoms with Gasteiger partial charge < -0.3 is 4.57 Å². The van der Waals surface area contributed by atoms with Gasteiger partial charge in [-0.2, -0.15) is 9.97 Å². The summed E-state index contributed by atoms with van der Waals surface area (Å²) in [5.41, 5.74) is 13.4. The van der Waals surface area contributed by atoms with Gasteiger partial charge in [-0.1, -0.05) is 182 Å². The number of hydrogen-bond donors (Lipinski definition) is 0. The summed E-state index contributed by atoms with van der Waals surface area (Å²) in [6, 6.07) is 76.2. The van der Waals surface area contributed by atoms with Gasteiger partial charge in [0.15, 0.2) is 11.6 Å². The molecule has 0 amide bonds. The molecule has 8 aromatic carbocycles. The Kier molecular flexibility index (Phi) is 8.38. The molecule has 0 spiro atoms. The quantitative estimate of drug-likeness (QED) is 0.161. The van der Waals surface area contributed by atoms with E-state index in [2.05, 4.69) is 185 Å². The minimum atomic E-state index is 0.555. The molecule has 62 heavy (non-hydrogen) atoms. The summed E-state index contributed by atoms with van der Waals surface area (Å²) >= 11 is 0. The lowest BCUT2D eigenvalue weighted by atomic mass is 10.0. The van der Waals surface area contributed by atoms with Gasteiger partial charge in [0, 0.05) is 49.5 Å². The van der Waals surface area contributed by atoms with Crippen molar-refractivity contribution in [1.82, 2.24) is 29.1 Å². The summed E-state index contributed by atoms with van der Waals surface area (Å²) in [4.78, 5) is 20.8. The number of pyridine rings is 1. The molecule has 0 saturated carbocycles. The van der Waals surface area contributed by atoms with E-state index in [1.165, 1.54) is 11.1 Å². The average molecular weight is 793 g/mol. The van der Waals surface area contributed by atoms with E-state index >= 15 is 0 Å². The second-order valence-electron chi connectivity index (χ2n) is 15.5. The van der Waals surface area contributed by atoms with E-state index in [9.17, 15) is 0 Å². The van der Waals surface area contributed by atoms with Crippen molar-refractivity contribution in [1.29, 1.82) is 0 Å². The van der Waals surface area contributed by atoms with Crippen molar-refractivity contribution < 1.29 is 0 Å². The number of nitrogens with zero attached hydrogens (tertiary/aromatic N) is 6. The number of rotatable bonds is 7. The smallest absolute Gasteiger partial charge is 0.238 e. The SMILES string of the molecule is c1ccc(-c2ccc(-c3cccc(-c4cccc(-n5c6ccccc6c6ccc7c8ccccc8n(-c8nc(-c9ccccc9)nc(-c9ccccc9)n8)c7c65)c4)n3)cc2)cc1. The Morgan fingerprint density at radius 2 is 0.726 bits per heavy atom. The largest absolute Gasteiger partial charge is 0.307 e. The van der Waals surface area contributed by atoms with Gasteiger partial charge in [0.2, 0.25) is 5.95 Å². The molecule has 0 aliphatic rings. The highest BCUT2D eigenvalue weighted by molar-refractivity contribution is 6.23. The Bertz CT molecular complexity index is 3550. The van der Waals surface area contributed by atoms with Crippen molar-refractivity contribution in [3.8, 4) is 68.1 Å². The van der Waals surface area contributed by atoms with E-state index in [1.807, 2.05) is 42.5 Å². The van der Waals surface area contributed by atoms with Crippen LogP contribution in [-0.2, 0) is 0 Å². The second-order valence-corrected chi connectivity index (χ2v) is 15.5. The Balaban J connectivity index is 1.08. The van der Waals surface area contributed by atoms with Gasteiger partial charge in [-0.3, -0.25) is 4.57 Å². The zero-order valence-electron chi connectivity index (χ0n) is 33.5. The van der Waals surface area contributed by atoms with E-state index < -0.39 is 0 Å². The molecule has 12 aromatic rings. The highest BCUT2D eigenvalue weighted by Gasteiger charge is 2.23. The van der Waals surface area contributed by atoms with Crippen LogP contribution in [0.5, 0.6) is 0 Å². The lowest BCUT2D eigenvalue weighted by molar-refractivity contribution is 0.953. The zero-order valence-corrected chi connectivity index (χ0v) is 33.5. The van der Waals surface area contributed by atoms with Gasteiger partial charge in [0.25, 0.3) is 0 Å². The van der Waals surface area contributed by atoms with Crippen LogP contribution >= 0.6 is 0 Å². The van der Waals surface area contributed by atoms with Gasteiger partial charge in [0.1, 0.15) is 0 Å². The van der Waals surface area contributed by atoms with Crippen molar-refractivity contribution in [2.75, 3.05) is 0 Å². The van der Waals surface area contributed by atoms with Crippen molar-refractivity contribution in [2.24, 2.45) is 0 Å². The zero-order chi connectivity index (χ0) is 41.0. The molecule has 6 heteroatoms. The van der Waals surface area contributed by atoms with E-state index in [4.69, 9.17) is 19.9 Å². The van der Waals surface area contributed by atoms with E-state index in [0.29, 0.717) is 17.6 Å². The highest BCUT2D eigenvalue weighted by Crippen LogP contribution is 2.42. The molecule has 290 valence electrons. The van der Waals surface area contributed by atoms with Crippen LogP contribution in [0.25, 0.3) is 112 Å². The maximum atomic E-state index is 5.27. The fraction of sp³-hybridized carbons (Fsp3) is 0. The molecule has 6 nitrogen and oxygen atoms in total. The standard InChI is InChI=1S/C56H36N6/c1-4-16-37(17-5-1)38-30-32-39(33-31-38)48-26-15-27-49(57-48)42-22-14-23-43(36-42)61-50-28-12-10-24-44(50)46-34-35-47-45-25-11-13-29-51(45)62(53(47)52(46)61)56-59-54(40-18-6-2-7-19-40)58-55(60-56)41-20-8-3-9-21-41/h1-36H. The van der Waals surface area contributed by atoms with Gasteiger partial charge in [0.05, 0.1) is 33.5 Å². The van der Waals surface area contributed by atoms with Crippen LogP contribution in [0.1, 0.15) is 0 Å². The first kappa shape index (κ1) is 35.5. The summed E-state index contributed by atoms with van der Waals surface area (Å²) in [6.45, 7) is 0. The first-order valence-electron chi connectivity index (χ1n) is 20.8. The number of benzene rings is 8. The summed E-state index contributed by atoms with van der Waals surface area (Å²) in [7, 11) is 0. The van der Waals surface area contributed by atoms with Crippen molar-refractivity contribution in [3.63, 3.8) is 0 Å². The summed E-state index contributed by atoms with van der Waals surface area (Å²) in [5, 5.41) is 4.54. The molecule has 0 N–H and O–H groups in total. The van der Waals surface area contributed by atoms with Crippen LogP contribution in [0, 0.1) is 0 Å². The highest BCUT2D eigenvalue weighted by atomic mass is 15.2. The van der Waals surface area contributed by atoms with Gasteiger partial charge >= 0.3 is 0 Å². The first-order valence-corrected chi connectivity index (χ1v) is 20.8. The molecular formula is C56H36N6. The molecule has 0 radical (unpaired) electrons. The lowest BCUT2D eigenvalue weighted by Gasteiger charge is -2.14. The Morgan fingerprint density at radius 3 is 1.34 bits per heavy atom. The summed E-state index contributed by atoms with van der Waals surface area (Å²) in [5.74, 6) is 1.78. The molecule has 0 atom stereocenters. The van der Waals surface area contributed by atoms with Crippen LogP contribution in [0.2, 0.25) is 0 Å². The number of para-hydroxylation sites is 2. The Morgan fingerprint density at radius 1 is 0.274 bits per heavy atom. The lowest BCUT2D eigenvalue weighted by Crippen LogP contribution is -2.07. The van der Waals surface area contributed by atoms with E-state index in [0.717, 1.165) is 82.9 Å². The monoisotopic (exact) mass is 792 g/mol.